The van der Waals surface area contributed by atoms with Crippen LogP contribution in [0.5, 0.6) is 11.5 Å². The fourth-order valence-electron chi connectivity index (χ4n) is 4.38. The van der Waals surface area contributed by atoms with Crippen molar-refractivity contribution in [3.05, 3.63) is 59.7 Å². The second-order valence-corrected chi connectivity index (χ2v) is 9.80. The molecule has 3 saturated heterocycles. The Labute approximate surface area is 264 Å². The summed E-state index contributed by atoms with van der Waals surface area (Å²) in [6, 6.07) is 16.7. The summed E-state index contributed by atoms with van der Waals surface area (Å²) in [6.45, 7) is 11.4. The van der Waals surface area contributed by atoms with Gasteiger partial charge in [0.05, 0.1) is 40.1 Å². The first-order valence-electron chi connectivity index (χ1n) is 13.5. The number of hydrogen-bond donors (Lipinski definition) is 0. The van der Waals surface area contributed by atoms with Crippen molar-refractivity contribution in [1.29, 1.82) is 0 Å². The van der Waals surface area contributed by atoms with Crippen molar-refractivity contribution in [2.75, 3.05) is 60.4 Å². The van der Waals surface area contributed by atoms with Gasteiger partial charge in [-0.25, -0.2) is 0 Å². The van der Waals surface area contributed by atoms with Crippen LogP contribution in [0.3, 0.4) is 0 Å². The van der Waals surface area contributed by atoms with Crippen molar-refractivity contribution in [2.24, 2.45) is 0 Å². The summed E-state index contributed by atoms with van der Waals surface area (Å²) in [7, 11) is 3.33. The third-order valence-corrected chi connectivity index (χ3v) is 6.83. The standard InChI is InChI=1S/C13H17NO3.C13H19NO2.C4H8O.Al.Li.4H/c1-10-8-17-9-13(15)14(10)7-11-3-5-12(16-2)6-4-11;1-11-10-16-8-7-14(11)9-12-3-5-13(15-2)6-4-12;1-2-4-5-3-1;;;;;;/h3-6,10H,7-9H2,1-2H3;3-6,11H,7-10H2,1-2H3;1-4H2;;;;;;/q;;;;+1;;;;-1. The summed E-state index contributed by atoms with van der Waals surface area (Å²) >= 11 is 0. The number of nitrogens with zero attached hydrogens (tertiary/aromatic N) is 2. The van der Waals surface area contributed by atoms with E-state index >= 15 is 0 Å². The van der Waals surface area contributed by atoms with Crippen molar-refractivity contribution >= 4 is 23.3 Å². The van der Waals surface area contributed by atoms with Gasteiger partial charge in [-0.15, -0.1) is 0 Å². The molecule has 3 aliphatic rings. The minimum Gasteiger partial charge on any atom is -1.00 e. The molecule has 3 aliphatic heterocycles. The molecule has 5 rings (SSSR count). The number of methoxy groups -OCH3 is 2. The molecule has 1 amide bonds. The van der Waals surface area contributed by atoms with E-state index in [1.807, 2.05) is 48.2 Å². The fourth-order valence-corrected chi connectivity index (χ4v) is 4.38. The fraction of sp³-hybridized carbons (Fsp3) is 0.567. The van der Waals surface area contributed by atoms with Gasteiger partial charge in [0.15, 0.2) is 17.4 Å². The topological polar surface area (TPSA) is 69.7 Å². The predicted molar refractivity (Wildman–Crippen MR) is 159 cm³/mol. The molecule has 40 heavy (non-hydrogen) atoms. The average Bonchev–Trinajstić information content (AvgIpc) is 3.54. The van der Waals surface area contributed by atoms with Crippen LogP contribution in [0.1, 0.15) is 39.2 Å². The quantitative estimate of drug-likeness (QED) is 0.459. The van der Waals surface area contributed by atoms with Gasteiger partial charge in [0, 0.05) is 38.9 Å². The molecule has 2 unspecified atom stereocenters. The molecule has 0 bridgehead atoms. The molecular formula is C30H48AlLiN2O6. The molecule has 0 saturated carbocycles. The Bertz CT molecular complexity index is 945. The van der Waals surface area contributed by atoms with E-state index in [-0.39, 0.29) is 56.2 Å². The van der Waals surface area contributed by atoms with Crippen molar-refractivity contribution < 1.29 is 48.8 Å². The zero-order chi connectivity index (χ0) is 27.2. The molecule has 2 atom stereocenters. The van der Waals surface area contributed by atoms with Gasteiger partial charge in [0.25, 0.3) is 0 Å². The van der Waals surface area contributed by atoms with Gasteiger partial charge >= 0.3 is 18.9 Å². The number of ether oxygens (including phenoxy) is 5. The van der Waals surface area contributed by atoms with E-state index in [1.165, 1.54) is 18.4 Å². The summed E-state index contributed by atoms with van der Waals surface area (Å²) in [4.78, 5) is 16.0. The first-order valence-corrected chi connectivity index (χ1v) is 13.5. The summed E-state index contributed by atoms with van der Waals surface area (Å²) in [5.41, 5.74) is 2.43. The SMILES string of the molecule is C1CCOC1.COc1ccc(CN2C(=O)COCC2C)cc1.COc1ccc(CN2CCOCC2C)cc1.[AlH3].[H-].[Li+]. The minimum absolute atomic E-state index is 0. The van der Waals surface area contributed by atoms with Gasteiger partial charge in [-0.1, -0.05) is 24.3 Å². The Morgan fingerprint density at radius 3 is 1.75 bits per heavy atom. The molecule has 0 radical (unpaired) electrons. The van der Waals surface area contributed by atoms with E-state index in [0.717, 1.165) is 56.6 Å². The zero-order valence-electron chi connectivity index (χ0n) is 25.4. The number of carbonyl (C=O) groups excluding carboxylic acids is 1. The van der Waals surface area contributed by atoms with Gasteiger partial charge in [-0.3, -0.25) is 9.69 Å². The van der Waals surface area contributed by atoms with Crippen molar-refractivity contribution in [3.8, 4) is 11.5 Å². The molecule has 218 valence electrons. The number of rotatable bonds is 6. The molecule has 3 fully saturated rings. The van der Waals surface area contributed by atoms with E-state index in [2.05, 4.69) is 24.0 Å². The summed E-state index contributed by atoms with van der Waals surface area (Å²) in [5.74, 6) is 1.80. The molecule has 10 heteroatoms. The second kappa shape index (κ2) is 20.4. The maximum Gasteiger partial charge on any atom is 1.00 e. The first-order chi connectivity index (χ1) is 18.5. The Balaban J connectivity index is 0.000000628. The number of benzene rings is 2. The van der Waals surface area contributed by atoms with Gasteiger partial charge in [0.2, 0.25) is 5.91 Å². The molecule has 0 spiro atoms. The molecule has 3 heterocycles. The molecule has 2 aromatic carbocycles. The summed E-state index contributed by atoms with van der Waals surface area (Å²) < 4.78 is 25.8. The van der Waals surface area contributed by atoms with Crippen LogP contribution in [0, 0.1) is 0 Å². The van der Waals surface area contributed by atoms with Crippen LogP contribution in [-0.4, -0.2) is 106 Å². The van der Waals surface area contributed by atoms with Crippen molar-refractivity contribution in [2.45, 2.75) is 51.9 Å². The molecule has 0 aromatic heterocycles. The van der Waals surface area contributed by atoms with Gasteiger partial charge < -0.3 is 30.0 Å². The van der Waals surface area contributed by atoms with E-state index in [0.29, 0.717) is 19.2 Å². The molecule has 2 aromatic rings. The second-order valence-electron chi connectivity index (χ2n) is 9.80. The third kappa shape index (κ3) is 12.6. The largest absolute Gasteiger partial charge is 1.00 e. The van der Waals surface area contributed by atoms with E-state index in [1.54, 1.807) is 14.2 Å². The van der Waals surface area contributed by atoms with E-state index in [4.69, 9.17) is 23.7 Å². The van der Waals surface area contributed by atoms with Crippen LogP contribution in [-0.2, 0) is 32.1 Å². The Kier molecular flexibility index (Phi) is 18.6. The number of amides is 1. The number of morpholine rings is 2. The van der Waals surface area contributed by atoms with Crippen molar-refractivity contribution in [1.82, 2.24) is 9.80 Å². The Morgan fingerprint density at radius 2 is 1.30 bits per heavy atom. The van der Waals surface area contributed by atoms with Crippen LogP contribution in [0.15, 0.2) is 48.5 Å². The van der Waals surface area contributed by atoms with Gasteiger partial charge in [-0.05, 0) is 62.1 Å². The molecule has 0 aliphatic carbocycles. The molecular weight excluding hydrogens is 518 g/mol. The van der Waals surface area contributed by atoms with E-state index < -0.39 is 0 Å². The molecule has 0 N–H and O–H groups in total. The van der Waals surface area contributed by atoms with Crippen molar-refractivity contribution in [3.63, 3.8) is 0 Å². The third-order valence-electron chi connectivity index (χ3n) is 6.83. The van der Waals surface area contributed by atoms with E-state index in [9.17, 15) is 4.79 Å². The Morgan fingerprint density at radius 1 is 0.775 bits per heavy atom. The monoisotopic (exact) mass is 566 g/mol. The average molecular weight is 567 g/mol. The van der Waals surface area contributed by atoms with Crippen LogP contribution < -0.4 is 28.3 Å². The van der Waals surface area contributed by atoms with Gasteiger partial charge in [0.1, 0.15) is 18.1 Å². The van der Waals surface area contributed by atoms with Crippen LogP contribution in [0.2, 0.25) is 0 Å². The van der Waals surface area contributed by atoms with Crippen LogP contribution in [0.25, 0.3) is 0 Å². The summed E-state index contributed by atoms with van der Waals surface area (Å²) in [5, 5.41) is 0. The normalized spacial score (nSPS) is 20.5. The smallest absolute Gasteiger partial charge is 1.00 e. The maximum absolute atomic E-state index is 11.7. The maximum atomic E-state index is 11.7. The summed E-state index contributed by atoms with van der Waals surface area (Å²) in [6.07, 6.45) is 2.56. The molecule has 8 nitrogen and oxygen atoms in total. The number of carbonyl (C=O) groups is 1. The van der Waals surface area contributed by atoms with Crippen LogP contribution in [0.4, 0.5) is 0 Å². The zero-order valence-corrected chi connectivity index (χ0v) is 24.4. The Hall–Kier alpha value is -1.52. The van der Waals surface area contributed by atoms with Crippen LogP contribution >= 0.6 is 0 Å². The minimum atomic E-state index is 0. The van der Waals surface area contributed by atoms with Gasteiger partial charge in [-0.2, -0.15) is 0 Å². The first kappa shape index (κ1) is 36.5. The predicted octanol–water partition coefficient (Wildman–Crippen LogP) is 0.0878. The number of hydrogen-bond acceptors (Lipinski definition) is 7.